The predicted octanol–water partition coefficient (Wildman–Crippen LogP) is 2.78. The molecule has 618 valence electrons. The molecule has 30 atom stereocenters. The predicted molar refractivity (Wildman–Crippen MR) is 383 cm³/mol. The van der Waals surface area contributed by atoms with Gasteiger partial charge >= 0.3 is 37.3 Å². The number of carbonyl (C=O) groups excluding carboxylic acids is 1. The maximum atomic E-state index is 13.4. The van der Waals surface area contributed by atoms with Gasteiger partial charge in [-0.25, -0.2) is 17.3 Å². The van der Waals surface area contributed by atoms with Crippen LogP contribution in [0.2, 0.25) is 0 Å². The summed E-state index contributed by atoms with van der Waals surface area (Å²) in [6, 6.07) is 25.6. The summed E-state index contributed by atoms with van der Waals surface area (Å²) < 4.78 is 207. The molecule has 6 aliphatic heterocycles. The van der Waals surface area contributed by atoms with Gasteiger partial charge in [-0.05, 0) is 77.9 Å². The Labute approximate surface area is 637 Å². The molecule has 15 unspecified atom stereocenters. The van der Waals surface area contributed by atoms with Gasteiger partial charge < -0.3 is 108 Å². The first-order valence-electron chi connectivity index (χ1n) is 36.7. The Morgan fingerprint density at radius 3 is 1.25 bits per heavy atom. The lowest BCUT2D eigenvalue weighted by molar-refractivity contribution is -0.375. The molecule has 3 aromatic rings. The van der Waals surface area contributed by atoms with Crippen molar-refractivity contribution < 1.29 is 143 Å². The van der Waals surface area contributed by atoms with E-state index in [4.69, 9.17) is 78.9 Å². The average Bonchev–Trinajstić information content (AvgIpc) is 0.772. The van der Waals surface area contributed by atoms with Gasteiger partial charge in [-0.2, -0.15) is 25.3 Å². The van der Waals surface area contributed by atoms with Crippen LogP contribution < -0.4 is 16.0 Å². The van der Waals surface area contributed by atoms with E-state index in [1.807, 2.05) is 60.7 Å². The van der Waals surface area contributed by atoms with E-state index in [1.54, 1.807) is 112 Å². The Balaban J connectivity index is 0.860. The summed E-state index contributed by atoms with van der Waals surface area (Å²) in [6.45, 7) is 11.9. The van der Waals surface area contributed by atoms with Gasteiger partial charge in [-0.15, -0.1) is 0 Å². The molecule has 3 aromatic carbocycles. The minimum atomic E-state index is -5.15. The number of carbonyl (C=O) groups is 1. The molecule has 35 nitrogen and oxygen atoms in total. The van der Waals surface area contributed by atoms with Crippen LogP contribution in [0.5, 0.6) is 0 Å². The summed E-state index contributed by atoms with van der Waals surface area (Å²) in [5.41, 5.74) is 2.48. The maximum absolute atomic E-state index is 13.4. The Morgan fingerprint density at radius 2 is 0.789 bits per heavy atom. The molecular formula is C71H110N4O31S3. The second-order valence-corrected chi connectivity index (χ2v) is 32.0. The summed E-state index contributed by atoms with van der Waals surface area (Å²) in [6.07, 6.45) is -26.2. The molecule has 10 N–H and O–H groups in total. The molecule has 6 aliphatic rings. The van der Waals surface area contributed by atoms with E-state index in [2.05, 4.69) is 16.0 Å². The number of amides is 1. The van der Waals surface area contributed by atoms with E-state index < -0.39 is 240 Å². The molecule has 6 heterocycles. The van der Waals surface area contributed by atoms with Gasteiger partial charge in [0.2, 0.25) is 0 Å². The lowest BCUT2D eigenvalue weighted by Gasteiger charge is -2.52. The third-order valence-electron chi connectivity index (χ3n) is 21.2. The first-order chi connectivity index (χ1) is 51.7. The van der Waals surface area contributed by atoms with Gasteiger partial charge in [0, 0.05) is 49.3 Å². The number of unbranched alkanes of at least 4 members (excludes halogenated alkanes) is 2. The van der Waals surface area contributed by atoms with Crippen molar-refractivity contribution in [1.29, 1.82) is 0 Å². The normalized spacial score (nSPS) is 37.6. The number of benzene rings is 3. The maximum Gasteiger partial charge on any atom is 0.410 e. The van der Waals surface area contributed by atoms with Crippen molar-refractivity contribution in [3.8, 4) is 0 Å². The van der Waals surface area contributed by atoms with Gasteiger partial charge in [0.1, 0.15) is 55.4 Å². The summed E-state index contributed by atoms with van der Waals surface area (Å²) in [4.78, 5) is 15.0. The largest absolute Gasteiger partial charge is 0.445 e. The van der Waals surface area contributed by atoms with Crippen LogP contribution in [0.3, 0.4) is 0 Å². The third kappa shape index (κ3) is 24.2. The Hall–Kier alpha value is -4.26. The smallest absolute Gasteiger partial charge is 0.410 e. The molecule has 6 fully saturated rings. The number of hydrogen-bond donors (Lipinski definition) is 10. The number of likely N-dealkylation sites (N-methyl/N-ethyl adjacent to an activating group) is 3. The molecular weight excluding hydrogens is 1500 g/mol. The molecule has 9 rings (SSSR count). The zero-order chi connectivity index (χ0) is 79.2. The number of nitrogens with zero attached hydrogens (tertiary/aromatic N) is 1. The highest BCUT2D eigenvalue weighted by Crippen LogP contribution is 2.42. The lowest BCUT2D eigenvalue weighted by atomic mass is 9.87. The molecule has 0 aliphatic carbocycles. The van der Waals surface area contributed by atoms with E-state index in [0.717, 1.165) is 11.1 Å². The Morgan fingerprint density at radius 1 is 0.404 bits per heavy atom. The van der Waals surface area contributed by atoms with Crippen molar-refractivity contribution in [1.82, 2.24) is 20.9 Å². The van der Waals surface area contributed by atoms with Gasteiger partial charge in [-0.1, -0.05) is 126 Å². The third-order valence-corrected chi connectivity index (χ3v) is 22.5. The van der Waals surface area contributed by atoms with E-state index in [-0.39, 0.29) is 19.8 Å². The van der Waals surface area contributed by atoms with Gasteiger partial charge in [0.05, 0.1) is 93.4 Å². The highest BCUT2D eigenvalue weighted by Gasteiger charge is 2.57. The van der Waals surface area contributed by atoms with Gasteiger partial charge in [-0.3, -0.25) is 13.7 Å². The van der Waals surface area contributed by atoms with Crippen LogP contribution in [0.4, 0.5) is 4.79 Å². The molecule has 0 bridgehead atoms. The summed E-state index contributed by atoms with van der Waals surface area (Å²) in [5, 5.41) is 56.2. The van der Waals surface area contributed by atoms with Crippen LogP contribution in [0.25, 0.3) is 0 Å². The Bertz CT molecular complexity index is 3600. The molecule has 0 saturated carbocycles. The standard InChI is InChI=1S/C71H110N4O31S3/c1-38-52(72-9)65(90-31-23-15-22-30-75(32-46-24-16-12-17-25-46)71(80)92-34-48-28-20-14-21-29-48)99-49(35-93-107(81,82)83)60(38)104-69-57(78)42(5)59(44(7)97-69)102-66-53(73-10)39(2)62(51(100-66)37-95-109(87,88)89)105-70-58(79)64(91-33-47-26-18-13-19-27-47)63(45(8)98-70)106-67-54(74-11)40(3)61(50(101-67)36-94-108(84,85)86)103-68-56(77)41(4)55(76)43(6)96-68/h12-14,16-21,24-29,38-45,49-70,72-74,76-79H,15,22-23,30-37H2,1-11H3,(H,81,82,83)(H,84,85,86)(H,87,88,89)/t38?,39-,40?,41?,42?,43?,44?,45?,49+,50?,51?,52?,53?,54?,55+,56?,57?,58?,59+,60+,61+,62+,63-,64+,65+,66-,67-,68+,69+,70+/m1/s1. The summed E-state index contributed by atoms with van der Waals surface area (Å²) >= 11 is 0. The van der Waals surface area contributed by atoms with E-state index >= 15 is 0 Å². The van der Waals surface area contributed by atoms with Crippen molar-refractivity contribution in [2.75, 3.05) is 54.1 Å². The minimum absolute atomic E-state index is 0.0980. The zero-order valence-electron chi connectivity index (χ0n) is 62.9. The van der Waals surface area contributed by atoms with Gasteiger partial charge in [0.15, 0.2) is 37.7 Å². The zero-order valence-corrected chi connectivity index (χ0v) is 65.3. The fourth-order valence-electron chi connectivity index (χ4n) is 15.0. The van der Waals surface area contributed by atoms with Crippen molar-refractivity contribution in [2.24, 2.45) is 29.6 Å². The monoisotopic (exact) mass is 1610 g/mol. The van der Waals surface area contributed by atoms with Crippen molar-refractivity contribution >= 4 is 37.3 Å². The first-order valence-corrected chi connectivity index (χ1v) is 40.8. The highest BCUT2D eigenvalue weighted by molar-refractivity contribution is 7.81. The quantitative estimate of drug-likeness (QED) is 0.0295. The first kappa shape index (κ1) is 88.7. The summed E-state index contributed by atoms with van der Waals surface area (Å²) in [5.74, 6) is -3.61. The van der Waals surface area contributed by atoms with E-state index in [1.165, 1.54) is 0 Å². The molecule has 0 radical (unpaired) electrons. The number of nitrogens with one attached hydrogen (secondary N) is 3. The second-order valence-electron chi connectivity index (χ2n) is 28.7. The number of hydrogen-bond acceptors (Lipinski definition) is 31. The van der Waals surface area contributed by atoms with Crippen LogP contribution >= 0.6 is 0 Å². The van der Waals surface area contributed by atoms with Crippen molar-refractivity contribution in [3.05, 3.63) is 108 Å². The van der Waals surface area contributed by atoms with Crippen LogP contribution in [-0.2, 0) is 130 Å². The second kappa shape index (κ2) is 40.3. The van der Waals surface area contributed by atoms with Crippen LogP contribution in [0.1, 0.15) is 91.3 Å². The molecule has 0 aromatic heterocycles. The fraction of sp³-hybridized carbons (Fsp3) is 0.732. The van der Waals surface area contributed by atoms with E-state index in [9.17, 15) is 64.1 Å². The highest BCUT2D eigenvalue weighted by atomic mass is 32.3. The van der Waals surface area contributed by atoms with Gasteiger partial charge in [0.25, 0.3) is 0 Å². The minimum Gasteiger partial charge on any atom is -0.445 e. The Kier molecular flexibility index (Phi) is 32.8. The van der Waals surface area contributed by atoms with E-state index in [0.29, 0.717) is 37.9 Å². The molecule has 1 amide bonds. The number of rotatable bonds is 36. The SMILES string of the molecule is CNC1C(C)[C@H](O[C@@H]2OC(C)[C@@H](O)C(C)C2O)C(COS(=O)(=O)O)O[C@@H]1O[C@@H]1C(C)O[C@@H](O[C@@H]2C(COS(=O)(=O)O)O[C@H](O[C@@H]3C(C)O[C@@H](O[C@H]4C(C)C(NC)[C@@H](OCCCCCN(Cc5ccccc5)C(=O)OCc5ccccc5)O[C@H]4COS(=O)(=O)O)C(O)C3C)C(NC)[C@H]2C)C(O)[C@@H]1OCc1ccccc1. The number of aliphatic hydroxyl groups is 4. The fourth-order valence-corrected chi connectivity index (χ4v) is 16.0. The topological polar surface area (TPSA) is 457 Å². The van der Waals surface area contributed by atoms with Crippen LogP contribution in [0.15, 0.2) is 91.0 Å². The number of aliphatic hydroxyl groups excluding tert-OH is 4. The molecule has 0 spiro atoms. The molecule has 38 heteroatoms. The van der Waals surface area contributed by atoms with Crippen molar-refractivity contribution in [2.45, 2.75) is 248 Å². The molecule has 6 saturated heterocycles. The van der Waals surface area contributed by atoms with Crippen LogP contribution in [-0.4, -0.2) is 278 Å². The van der Waals surface area contributed by atoms with Crippen molar-refractivity contribution in [3.63, 3.8) is 0 Å². The number of ether oxygens (including phenoxy) is 14. The molecule has 109 heavy (non-hydrogen) atoms. The summed E-state index contributed by atoms with van der Waals surface area (Å²) in [7, 11) is -10.3. The average molecular weight is 1610 g/mol. The van der Waals surface area contributed by atoms with Crippen LogP contribution in [0, 0.1) is 29.6 Å². The lowest BCUT2D eigenvalue weighted by Crippen LogP contribution is -2.67.